The van der Waals surface area contributed by atoms with E-state index >= 15 is 0 Å². The van der Waals surface area contributed by atoms with Gasteiger partial charge < -0.3 is 20.1 Å². The second kappa shape index (κ2) is 7.56. The normalized spacial score (nSPS) is 9.95. The Morgan fingerprint density at radius 3 is 2.55 bits per heavy atom. The van der Waals surface area contributed by atoms with E-state index < -0.39 is 6.03 Å². The Morgan fingerprint density at radius 1 is 1.09 bits per heavy atom. The van der Waals surface area contributed by atoms with Crippen molar-refractivity contribution in [1.29, 1.82) is 0 Å². The molecule has 0 unspecified atom stereocenters. The topological polar surface area (TPSA) is 59.6 Å². The van der Waals surface area contributed by atoms with Gasteiger partial charge in [-0.2, -0.15) is 0 Å². The van der Waals surface area contributed by atoms with Crippen molar-refractivity contribution in [3.8, 4) is 11.5 Å². The van der Waals surface area contributed by atoms with Gasteiger partial charge in [-0.3, -0.25) is 0 Å². The molecule has 0 aromatic heterocycles. The predicted octanol–water partition coefficient (Wildman–Crippen LogP) is 4.39. The van der Waals surface area contributed by atoms with Crippen LogP contribution < -0.4 is 20.1 Å². The summed E-state index contributed by atoms with van der Waals surface area (Å²) < 4.78 is 10.7. The van der Waals surface area contributed by atoms with E-state index in [2.05, 4.69) is 10.6 Å². The molecule has 0 atom stereocenters. The molecule has 0 aliphatic carbocycles. The number of rotatable bonds is 5. The van der Waals surface area contributed by atoms with Crippen LogP contribution in [0.1, 0.15) is 6.92 Å². The standard InChI is InChI=1S/C16H17ClN2O3/c1-3-22-15-7-5-4-6-12(15)18-16(20)19-13-10-11(17)8-9-14(13)21-2/h4-10H,3H2,1-2H3,(H2,18,19,20). The van der Waals surface area contributed by atoms with Crippen LogP contribution in [-0.4, -0.2) is 19.7 Å². The molecule has 116 valence electrons. The molecule has 0 aliphatic heterocycles. The summed E-state index contributed by atoms with van der Waals surface area (Å²) >= 11 is 5.94. The van der Waals surface area contributed by atoms with Gasteiger partial charge in [-0.25, -0.2) is 4.79 Å². The van der Waals surface area contributed by atoms with Crippen LogP contribution in [0.15, 0.2) is 42.5 Å². The van der Waals surface area contributed by atoms with Crippen LogP contribution in [0.4, 0.5) is 16.2 Å². The summed E-state index contributed by atoms with van der Waals surface area (Å²) in [5, 5.41) is 5.95. The van der Waals surface area contributed by atoms with E-state index in [0.29, 0.717) is 34.5 Å². The van der Waals surface area contributed by atoms with Gasteiger partial charge in [-0.15, -0.1) is 0 Å². The lowest BCUT2D eigenvalue weighted by atomic mass is 10.3. The second-order valence-corrected chi connectivity index (χ2v) is 4.79. The number of ether oxygens (including phenoxy) is 2. The number of anilines is 2. The third-order valence-electron chi connectivity index (χ3n) is 2.84. The highest BCUT2D eigenvalue weighted by molar-refractivity contribution is 6.31. The van der Waals surface area contributed by atoms with Crippen LogP contribution in [0.3, 0.4) is 0 Å². The second-order valence-electron chi connectivity index (χ2n) is 4.35. The third-order valence-corrected chi connectivity index (χ3v) is 3.08. The van der Waals surface area contributed by atoms with E-state index in [1.165, 1.54) is 7.11 Å². The summed E-state index contributed by atoms with van der Waals surface area (Å²) in [6.45, 7) is 2.40. The summed E-state index contributed by atoms with van der Waals surface area (Å²) in [6, 6.07) is 11.8. The smallest absolute Gasteiger partial charge is 0.323 e. The van der Waals surface area contributed by atoms with Crippen LogP contribution in [0, 0.1) is 0 Å². The van der Waals surface area contributed by atoms with Gasteiger partial charge in [0.25, 0.3) is 0 Å². The Labute approximate surface area is 134 Å². The zero-order valence-electron chi connectivity index (χ0n) is 12.4. The van der Waals surface area contributed by atoms with E-state index in [-0.39, 0.29) is 0 Å². The molecule has 0 fully saturated rings. The molecule has 0 heterocycles. The van der Waals surface area contributed by atoms with Crippen LogP contribution >= 0.6 is 11.6 Å². The van der Waals surface area contributed by atoms with Crippen molar-refractivity contribution in [2.24, 2.45) is 0 Å². The van der Waals surface area contributed by atoms with Gasteiger partial charge in [0.05, 0.1) is 25.1 Å². The molecule has 5 nitrogen and oxygen atoms in total. The number of urea groups is 1. The minimum atomic E-state index is -0.410. The third kappa shape index (κ3) is 4.05. The highest BCUT2D eigenvalue weighted by atomic mass is 35.5. The number of methoxy groups -OCH3 is 1. The van der Waals surface area contributed by atoms with Crippen LogP contribution in [-0.2, 0) is 0 Å². The fourth-order valence-electron chi connectivity index (χ4n) is 1.91. The zero-order chi connectivity index (χ0) is 15.9. The minimum Gasteiger partial charge on any atom is -0.495 e. The van der Waals surface area contributed by atoms with Gasteiger partial charge in [0, 0.05) is 5.02 Å². The summed E-state index contributed by atoms with van der Waals surface area (Å²) in [4.78, 5) is 12.1. The first kappa shape index (κ1) is 16.0. The molecule has 0 radical (unpaired) electrons. The maximum atomic E-state index is 12.1. The highest BCUT2D eigenvalue weighted by Gasteiger charge is 2.10. The number of para-hydroxylation sites is 2. The molecule has 6 heteroatoms. The van der Waals surface area contributed by atoms with Crippen molar-refractivity contribution in [3.63, 3.8) is 0 Å². The number of amides is 2. The molecule has 0 aliphatic rings. The minimum absolute atomic E-state index is 0.410. The summed E-state index contributed by atoms with van der Waals surface area (Å²) in [7, 11) is 1.52. The van der Waals surface area contributed by atoms with Gasteiger partial charge in [-0.05, 0) is 37.3 Å². The molecule has 0 spiro atoms. The van der Waals surface area contributed by atoms with Crippen molar-refractivity contribution in [1.82, 2.24) is 0 Å². The maximum absolute atomic E-state index is 12.1. The van der Waals surface area contributed by atoms with Crippen LogP contribution in [0.5, 0.6) is 11.5 Å². The monoisotopic (exact) mass is 320 g/mol. The molecule has 2 N–H and O–H groups in total. The maximum Gasteiger partial charge on any atom is 0.323 e. The van der Waals surface area contributed by atoms with E-state index in [4.69, 9.17) is 21.1 Å². The number of hydrogen-bond donors (Lipinski definition) is 2. The van der Waals surface area contributed by atoms with Gasteiger partial charge in [0.2, 0.25) is 0 Å². The predicted molar refractivity (Wildman–Crippen MR) is 88.3 cm³/mol. The van der Waals surface area contributed by atoms with E-state index in [9.17, 15) is 4.79 Å². The summed E-state index contributed by atoms with van der Waals surface area (Å²) in [5.74, 6) is 1.14. The molecule has 2 amide bonds. The molecule has 2 rings (SSSR count). The highest BCUT2D eigenvalue weighted by Crippen LogP contribution is 2.28. The molecule has 0 bridgehead atoms. The van der Waals surface area contributed by atoms with Gasteiger partial charge in [0.15, 0.2) is 0 Å². The van der Waals surface area contributed by atoms with Crippen LogP contribution in [0.2, 0.25) is 5.02 Å². The van der Waals surface area contributed by atoms with Crippen molar-refractivity contribution in [3.05, 3.63) is 47.5 Å². The van der Waals surface area contributed by atoms with Crippen LogP contribution in [0.25, 0.3) is 0 Å². The molecule has 22 heavy (non-hydrogen) atoms. The first-order valence-corrected chi connectivity index (χ1v) is 7.15. The van der Waals surface area contributed by atoms with Crippen molar-refractivity contribution in [2.45, 2.75) is 6.92 Å². The fraction of sp³-hybridized carbons (Fsp3) is 0.188. The fourth-order valence-corrected chi connectivity index (χ4v) is 2.08. The van der Waals surface area contributed by atoms with E-state index in [1.807, 2.05) is 19.1 Å². The Balaban J connectivity index is 2.12. The number of halogens is 1. The number of carbonyl (C=O) groups excluding carboxylic acids is 1. The molecule has 2 aromatic rings. The molecule has 0 saturated heterocycles. The zero-order valence-corrected chi connectivity index (χ0v) is 13.1. The van der Waals surface area contributed by atoms with Crippen molar-refractivity contribution < 1.29 is 14.3 Å². The molecular formula is C16H17ClN2O3. The lowest BCUT2D eigenvalue weighted by Crippen LogP contribution is -2.20. The Morgan fingerprint density at radius 2 is 1.82 bits per heavy atom. The molecule has 0 saturated carbocycles. The average molecular weight is 321 g/mol. The average Bonchev–Trinajstić information content (AvgIpc) is 2.50. The van der Waals surface area contributed by atoms with Gasteiger partial charge in [0.1, 0.15) is 11.5 Å². The first-order valence-electron chi connectivity index (χ1n) is 6.77. The Bertz CT molecular complexity index is 662. The number of benzene rings is 2. The van der Waals surface area contributed by atoms with Crippen molar-refractivity contribution >= 4 is 29.0 Å². The number of carbonyl (C=O) groups is 1. The molecule has 2 aromatic carbocycles. The SMILES string of the molecule is CCOc1ccccc1NC(=O)Nc1cc(Cl)ccc1OC. The van der Waals surface area contributed by atoms with Gasteiger partial charge in [-0.1, -0.05) is 23.7 Å². The Kier molecular flexibility index (Phi) is 5.49. The summed E-state index contributed by atoms with van der Waals surface area (Å²) in [5.41, 5.74) is 1.07. The Hall–Kier alpha value is -2.40. The van der Waals surface area contributed by atoms with E-state index in [0.717, 1.165) is 0 Å². The number of nitrogens with one attached hydrogen (secondary N) is 2. The lowest BCUT2D eigenvalue weighted by Gasteiger charge is -2.13. The quantitative estimate of drug-likeness (QED) is 0.859. The van der Waals surface area contributed by atoms with Gasteiger partial charge >= 0.3 is 6.03 Å². The van der Waals surface area contributed by atoms with Crippen molar-refractivity contribution in [2.75, 3.05) is 24.4 Å². The molecular weight excluding hydrogens is 304 g/mol. The lowest BCUT2D eigenvalue weighted by molar-refractivity contribution is 0.261. The largest absolute Gasteiger partial charge is 0.495 e. The first-order chi connectivity index (χ1) is 10.6. The summed E-state index contributed by atoms with van der Waals surface area (Å²) in [6.07, 6.45) is 0. The van der Waals surface area contributed by atoms with E-state index in [1.54, 1.807) is 30.3 Å². The number of hydrogen-bond acceptors (Lipinski definition) is 3.